The molecule has 4 aliphatic carbocycles. The van der Waals surface area contributed by atoms with Crippen molar-refractivity contribution < 1.29 is 14.4 Å². The highest BCUT2D eigenvalue weighted by Gasteiger charge is 2.67. The van der Waals surface area contributed by atoms with Crippen LogP contribution in [0.25, 0.3) is 11.0 Å². The number of hydrogen-bond donors (Lipinski definition) is 1. The van der Waals surface area contributed by atoms with Crippen LogP contribution in [0.2, 0.25) is 0 Å². The van der Waals surface area contributed by atoms with E-state index in [0.29, 0.717) is 23.9 Å². The van der Waals surface area contributed by atoms with Crippen molar-refractivity contribution in [2.24, 2.45) is 35.5 Å². The highest BCUT2D eigenvalue weighted by Crippen LogP contribution is 2.65. The number of amides is 3. The van der Waals surface area contributed by atoms with E-state index in [9.17, 15) is 14.4 Å². The Morgan fingerprint density at radius 1 is 0.971 bits per heavy atom. The van der Waals surface area contributed by atoms with Crippen LogP contribution in [-0.4, -0.2) is 32.3 Å². The standard InChI is InChI=1S/C27H24N4O3/c1-14-28-21-4-2-3-5-22(21)30(14)13-15-6-8-16(9-7-15)25(32)29-31-26(33)23-17-10-11-18(20-12-19(17)20)24(23)27(31)34/h2-11,17-20,23-24H,12-13H2,1H3,(H,29,32)/t17?,18?,19?,20?,23-,24+. The summed E-state index contributed by atoms with van der Waals surface area (Å²) in [7, 11) is 0. The summed E-state index contributed by atoms with van der Waals surface area (Å²) in [5.41, 5.74) is 6.07. The fraction of sp³-hybridized carbons (Fsp3) is 0.333. The molecule has 4 unspecified atom stereocenters. The van der Waals surface area contributed by atoms with E-state index in [0.717, 1.165) is 33.9 Å². The number of hydrazine groups is 1. The molecule has 1 aliphatic heterocycles. The van der Waals surface area contributed by atoms with E-state index in [1.807, 2.05) is 43.3 Å². The van der Waals surface area contributed by atoms with Crippen molar-refractivity contribution in [2.75, 3.05) is 0 Å². The molecule has 3 amide bonds. The summed E-state index contributed by atoms with van der Waals surface area (Å²) in [6.45, 7) is 2.62. The lowest BCUT2D eigenvalue weighted by Gasteiger charge is -2.37. The monoisotopic (exact) mass is 452 g/mol. The molecule has 1 saturated heterocycles. The molecular weight excluding hydrogens is 428 g/mol. The molecule has 0 radical (unpaired) electrons. The number of fused-ring (bicyclic) bond motifs is 1. The van der Waals surface area contributed by atoms with Crippen LogP contribution < -0.4 is 5.43 Å². The minimum absolute atomic E-state index is 0.139. The van der Waals surface area contributed by atoms with Gasteiger partial charge in [0.15, 0.2) is 0 Å². The minimum Gasteiger partial charge on any atom is -0.324 e. The molecule has 7 heteroatoms. The van der Waals surface area contributed by atoms with Gasteiger partial charge in [-0.1, -0.05) is 36.4 Å². The van der Waals surface area contributed by atoms with Crippen molar-refractivity contribution in [1.29, 1.82) is 0 Å². The molecule has 3 fully saturated rings. The average Bonchev–Trinajstić information content (AvgIpc) is 3.57. The van der Waals surface area contributed by atoms with E-state index in [4.69, 9.17) is 0 Å². The molecule has 1 N–H and O–H groups in total. The zero-order valence-electron chi connectivity index (χ0n) is 18.7. The number of carbonyl (C=O) groups excluding carboxylic acids is 3. The Hall–Kier alpha value is -3.74. The van der Waals surface area contributed by atoms with Crippen molar-refractivity contribution in [3.05, 3.63) is 77.6 Å². The summed E-state index contributed by atoms with van der Waals surface area (Å²) in [5, 5.41) is 0.990. The van der Waals surface area contributed by atoms with Gasteiger partial charge < -0.3 is 4.57 Å². The van der Waals surface area contributed by atoms with E-state index in [-0.39, 0.29) is 35.5 Å². The van der Waals surface area contributed by atoms with Crippen molar-refractivity contribution in [2.45, 2.75) is 19.9 Å². The highest BCUT2D eigenvalue weighted by molar-refractivity contribution is 6.08. The summed E-state index contributed by atoms with van der Waals surface area (Å²) >= 11 is 0. The lowest BCUT2D eigenvalue weighted by molar-refractivity contribution is -0.143. The van der Waals surface area contributed by atoms with Gasteiger partial charge in [0.25, 0.3) is 17.7 Å². The SMILES string of the molecule is Cc1nc2ccccc2n1Cc1ccc(C(=O)NN2C(=O)[C@@H]3C4C=CC(C5CC54)[C@@H]3C2=O)cc1. The van der Waals surface area contributed by atoms with Crippen LogP contribution in [0.5, 0.6) is 0 Å². The van der Waals surface area contributed by atoms with E-state index >= 15 is 0 Å². The zero-order valence-corrected chi connectivity index (χ0v) is 18.7. The number of hydrogen-bond acceptors (Lipinski definition) is 4. The lowest BCUT2D eigenvalue weighted by atomic mass is 9.63. The Morgan fingerprint density at radius 2 is 1.62 bits per heavy atom. The van der Waals surface area contributed by atoms with Crippen LogP contribution in [0.3, 0.4) is 0 Å². The second-order valence-corrected chi connectivity index (χ2v) is 10.0. The van der Waals surface area contributed by atoms with Gasteiger partial charge in [-0.15, -0.1) is 0 Å². The molecular formula is C27H24N4O3. The van der Waals surface area contributed by atoms with E-state index < -0.39 is 5.91 Å². The maximum Gasteiger partial charge on any atom is 0.270 e. The largest absolute Gasteiger partial charge is 0.324 e. The van der Waals surface area contributed by atoms with Gasteiger partial charge in [0.2, 0.25) is 0 Å². The number of allylic oxidation sites excluding steroid dienone is 2. The number of nitrogens with one attached hydrogen (secondary N) is 1. The molecule has 5 aliphatic rings. The van der Waals surface area contributed by atoms with Gasteiger partial charge in [0.05, 0.1) is 22.9 Å². The van der Waals surface area contributed by atoms with Crippen molar-refractivity contribution in [3.8, 4) is 0 Å². The molecule has 3 aromatic rings. The Bertz CT molecular complexity index is 1370. The average molecular weight is 453 g/mol. The zero-order chi connectivity index (χ0) is 23.1. The molecule has 170 valence electrons. The van der Waals surface area contributed by atoms with Gasteiger partial charge in [-0.2, -0.15) is 5.01 Å². The number of aryl methyl sites for hydroxylation is 1. The van der Waals surface area contributed by atoms with Gasteiger partial charge in [-0.3, -0.25) is 19.8 Å². The molecule has 7 nitrogen and oxygen atoms in total. The highest BCUT2D eigenvalue weighted by atomic mass is 16.2. The number of imidazole rings is 1. The first-order chi connectivity index (χ1) is 16.5. The predicted octanol–water partition coefficient (Wildman–Crippen LogP) is 3.09. The number of benzene rings is 2. The Labute approximate surface area is 196 Å². The first-order valence-electron chi connectivity index (χ1n) is 11.9. The number of aromatic nitrogens is 2. The molecule has 2 bridgehead atoms. The summed E-state index contributed by atoms with van der Waals surface area (Å²) < 4.78 is 2.14. The fourth-order valence-corrected chi connectivity index (χ4v) is 6.57. The molecule has 2 saturated carbocycles. The quantitative estimate of drug-likeness (QED) is 0.487. The third kappa shape index (κ3) is 2.70. The third-order valence-corrected chi connectivity index (χ3v) is 8.28. The Morgan fingerprint density at radius 3 is 2.29 bits per heavy atom. The second kappa shape index (κ2) is 6.88. The maximum absolute atomic E-state index is 13.1. The topological polar surface area (TPSA) is 84.3 Å². The summed E-state index contributed by atoms with van der Waals surface area (Å²) in [6, 6.07) is 15.3. The van der Waals surface area contributed by atoms with Gasteiger partial charge in [0, 0.05) is 12.1 Å². The number of nitrogens with zero attached hydrogens (tertiary/aromatic N) is 3. The molecule has 1 aromatic heterocycles. The fourth-order valence-electron chi connectivity index (χ4n) is 6.57. The van der Waals surface area contributed by atoms with Crippen LogP contribution in [-0.2, 0) is 16.1 Å². The van der Waals surface area contributed by atoms with Crippen LogP contribution in [0.4, 0.5) is 0 Å². The van der Waals surface area contributed by atoms with Crippen LogP contribution >= 0.6 is 0 Å². The first-order valence-corrected chi connectivity index (χ1v) is 11.9. The second-order valence-electron chi connectivity index (χ2n) is 10.0. The maximum atomic E-state index is 13.1. The third-order valence-electron chi connectivity index (χ3n) is 8.28. The van der Waals surface area contributed by atoms with E-state index in [2.05, 4.69) is 27.1 Å². The van der Waals surface area contributed by atoms with Crippen molar-refractivity contribution in [3.63, 3.8) is 0 Å². The number of para-hydroxylation sites is 2. The smallest absolute Gasteiger partial charge is 0.270 e. The molecule has 2 aromatic carbocycles. The Kier molecular flexibility index (Phi) is 3.99. The molecule has 2 heterocycles. The van der Waals surface area contributed by atoms with Crippen molar-refractivity contribution in [1.82, 2.24) is 20.0 Å². The number of carbonyl (C=O) groups is 3. The van der Waals surface area contributed by atoms with Crippen LogP contribution in [0, 0.1) is 42.4 Å². The first kappa shape index (κ1) is 19.7. The Balaban J connectivity index is 1.08. The summed E-state index contributed by atoms with van der Waals surface area (Å²) in [6.07, 6.45) is 5.36. The van der Waals surface area contributed by atoms with E-state index in [1.165, 1.54) is 0 Å². The van der Waals surface area contributed by atoms with Crippen LogP contribution in [0.15, 0.2) is 60.7 Å². The normalized spacial score (nSPS) is 30.6. The molecule has 8 rings (SSSR count). The molecule has 6 atom stereocenters. The lowest BCUT2D eigenvalue weighted by Crippen LogP contribution is -2.46. The van der Waals surface area contributed by atoms with Gasteiger partial charge in [-0.05, 0) is 66.8 Å². The molecule has 0 spiro atoms. The minimum atomic E-state index is -0.443. The summed E-state index contributed by atoms with van der Waals surface area (Å²) in [4.78, 5) is 43.7. The van der Waals surface area contributed by atoms with Gasteiger partial charge in [-0.25, -0.2) is 4.98 Å². The summed E-state index contributed by atoms with van der Waals surface area (Å²) in [5.74, 6) is 0.683. The number of imide groups is 1. The van der Waals surface area contributed by atoms with Gasteiger partial charge >= 0.3 is 0 Å². The van der Waals surface area contributed by atoms with Crippen molar-refractivity contribution >= 4 is 28.8 Å². The predicted molar refractivity (Wildman–Crippen MR) is 124 cm³/mol. The molecule has 34 heavy (non-hydrogen) atoms. The van der Waals surface area contributed by atoms with E-state index in [1.54, 1.807) is 12.1 Å². The van der Waals surface area contributed by atoms with Gasteiger partial charge in [0.1, 0.15) is 5.82 Å². The number of rotatable bonds is 4. The van der Waals surface area contributed by atoms with Crippen LogP contribution in [0.1, 0.15) is 28.2 Å².